The Morgan fingerprint density at radius 3 is 2.54 bits per heavy atom. The van der Waals surface area contributed by atoms with Crippen molar-refractivity contribution in [2.75, 3.05) is 0 Å². The first-order chi connectivity index (χ1) is 6.12. The Morgan fingerprint density at radius 2 is 2.08 bits per heavy atom. The first-order valence-corrected chi connectivity index (χ1v) is 5.19. The Balaban J connectivity index is 2.40. The summed E-state index contributed by atoms with van der Waals surface area (Å²) < 4.78 is 0.886. The Kier molecular flexibility index (Phi) is 2.08. The van der Waals surface area contributed by atoms with Gasteiger partial charge in [0, 0.05) is 15.6 Å². The van der Waals surface area contributed by atoms with E-state index < -0.39 is 0 Å². The van der Waals surface area contributed by atoms with Gasteiger partial charge in [-0.15, -0.1) is 0 Å². The number of rotatable bonds is 1. The minimum Gasteiger partial charge on any atom is -0.508 e. The SMILES string of the molecule is NC1(c2ccc(Br)cc2O)CCC1. The lowest BCUT2D eigenvalue weighted by molar-refractivity contribution is 0.245. The van der Waals surface area contributed by atoms with Crippen LogP contribution in [0.5, 0.6) is 5.75 Å². The number of phenolic OH excluding ortho intramolecular Hbond substituents is 1. The van der Waals surface area contributed by atoms with Crippen LogP contribution >= 0.6 is 15.9 Å². The van der Waals surface area contributed by atoms with E-state index in [1.807, 2.05) is 12.1 Å². The second-order valence-electron chi connectivity index (χ2n) is 3.67. The second kappa shape index (κ2) is 3.00. The van der Waals surface area contributed by atoms with Crippen molar-refractivity contribution in [1.82, 2.24) is 0 Å². The second-order valence-corrected chi connectivity index (χ2v) is 4.59. The highest BCUT2D eigenvalue weighted by Gasteiger charge is 2.36. The zero-order valence-corrected chi connectivity index (χ0v) is 8.84. The maximum atomic E-state index is 9.68. The van der Waals surface area contributed by atoms with Crippen molar-refractivity contribution in [2.24, 2.45) is 5.73 Å². The number of hydrogen-bond acceptors (Lipinski definition) is 2. The molecule has 2 nitrogen and oxygen atoms in total. The van der Waals surface area contributed by atoms with Gasteiger partial charge in [0.05, 0.1) is 0 Å². The molecule has 1 saturated carbocycles. The summed E-state index contributed by atoms with van der Waals surface area (Å²) in [5.41, 5.74) is 6.70. The van der Waals surface area contributed by atoms with E-state index in [0.29, 0.717) is 5.75 Å². The summed E-state index contributed by atoms with van der Waals surface area (Å²) in [6.07, 6.45) is 3.11. The molecule has 13 heavy (non-hydrogen) atoms. The van der Waals surface area contributed by atoms with E-state index >= 15 is 0 Å². The van der Waals surface area contributed by atoms with Gasteiger partial charge in [-0.25, -0.2) is 0 Å². The van der Waals surface area contributed by atoms with Gasteiger partial charge < -0.3 is 10.8 Å². The van der Waals surface area contributed by atoms with Gasteiger partial charge in [-0.05, 0) is 31.4 Å². The Morgan fingerprint density at radius 1 is 1.38 bits per heavy atom. The lowest BCUT2D eigenvalue weighted by Crippen LogP contribution is -2.43. The molecule has 3 heteroatoms. The molecule has 1 aromatic carbocycles. The molecular weight excluding hydrogens is 230 g/mol. The van der Waals surface area contributed by atoms with Crippen molar-refractivity contribution in [2.45, 2.75) is 24.8 Å². The third-order valence-electron chi connectivity index (χ3n) is 2.74. The van der Waals surface area contributed by atoms with Crippen molar-refractivity contribution < 1.29 is 5.11 Å². The van der Waals surface area contributed by atoms with Crippen molar-refractivity contribution in [1.29, 1.82) is 0 Å². The number of benzene rings is 1. The lowest BCUT2D eigenvalue weighted by atomic mass is 9.72. The minimum atomic E-state index is -0.273. The van der Waals surface area contributed by atoms with E-state index in [9.17, 15) is 5.11 Å². The number of hydrogen-bond donors (Lipinski definition) is 2. The van der Waals surface area contributed by atoms with Gasteiger partial charge >= 0.3 is 0 Å². The lowest BCUT2D eigenvalue weighted by Gasteiger charge is -2.38. The third-order valence-corrected chi connectivity index (χ3v) is 3.24. The average Bonchev–Trinajstić information content (AvgIpc) is 2.00. The number of aromatic hydroxyl groups is 1. The Bertz CT molecular complexity index is 334. The molecule has 3 N–H and O–H groups in total. The van der Waals surface area contributed by atoms with E-state index in [2.05, 4.69) is 15.9 Å². The number of phenols is 1. The van der Waals surface area contributed by atoms with Gasteiger partial charge in [0.2, 0.25) is 0 Å². The van der Waals surface area contributed by atoms with E-state index in [1.54, 1.807) is 6.07 Å². The fourth-order valence-electron chi connectivity index (χ4n) is 1.75. The molecule has 0 spiro atoms. The van der Waals surface area contributed by atoms with Crippen LogP contribution in [0.3, 0.4) is 0 Å². The maximum Gasteiger partial charge on any atom is 0.121 e. The van der Waals surface area contributed by atoms with Crippen LogP contribution in [-0.4, -0.2) is 5.11 Å². The molecule has 0 radical (unpaired) electrons. The molecular formula is C10H12BrNO. The normalized spacial score (nSPS) is 19.5. The van der Waals surface area contributed by atoms with Crippen LogP contribution in [0.4, 0.5) is 0 Å². The summed E-state index contributed by atoms with van der Waals surface area (Å²) in [6, 6.07) is 5.52. The summed E-state index contributed by atoms with van der Waals surface area (Å²) in [5.74, 6) is 0.302. The summed E-state index contributed by atoms with van der Waals surface area (Å²) in [4.78, 5) is 0. The van der Waals surface area contributed by atoms with Gasteiger partial charge in [0.1, 0.15) is 5.75 Å². The molecule has 70 valence electrons. The molecule has 0 bridgehead atoms. The van der Waals surface area contributed by atoms with Gasteiger partial charge in [-0.2, -0.15) is 0 Å². The Labute approximate surface area is 85.9 Å². The third kappa shape index (κ3) is 1.46. The molecule has 0 unspecified atom stereocenters. The van der Waals surface area contributed by atoms with E-state index in [-0.39, 0.29) is 5.54 Å². The van der Waals surface area contributed by atoms with Crippen molar-refractivity contribution in [3.8, 4) is 5.75 Å². The predicted octanol–water partition coefficient (Wildman–Crippen LogP) is 2.49. The van der Waals surface area contributed by atoms with Gasteiger partial charge in [-0.3, -0.25) is 0 Å². The fourth-order valence-corrected chi connectivity index (χ4v) is 2.10. The molecule has 1 aliphatic rings. The van der Waals surface area contributed by atoms with Crippen molar-refractivity contribution in [3.05, 3.63) is 28.2 Å². The molecule has 0 amide bonds. The summed E-state index contributed by atoms with van der Waals surface area (Å²) in [7, 11) is 0. The highest BCUT2D eigenvalue weighted by atomic mass is 79.9. The molecule has 0 heterocycles. The highest BCUT2D eigenvalue weighted by molar-refractivity contribution is 9.10. The quantitative estimate of drug-likeness (QED) is 0.794. The molecule has 0 atom stereocenters. The summed E-state index contributed by atoms with van der Waals surface area (Å²) >= 11 is 3.30. The first kappa shape index (κ1) is 9.03. The van der Waals surface area contributed by atoms with Gasteiger partial charge in [0.25, 0.3) is 0 Å². The number of halogens is 1. The van der Waals surface area contributed by atoms with Crippen LogP contribution in [0.2, 0.25) is 0 Å². The zero-order chi connectivity index (χ0) is 9.47. The molecule has 1 fully saturated rings. The summed E-state index contributed by atoms with van der Waals surface area (Å²) in [6.45, 7) is 0. The maximum absolute atomic E-state index is 9.68. The highest BCUT2D eigenvalue weighted by Crippen LogP contribution is 2.42. The topological polar surface area (TPSA) is 46.2 Å². The molecule has 2 rings (SSSR count). The minimum absolute atomic E-state index is 0.273. The average molecular weight is 242 g/mol. The Hall–Kier alpha value is -0.540. The van der Waals surface area contributed by atoms with Crippen LogP contribution in [0.1, 0.15) is 24.8 Å². The van der Waals surface area contributed by atoms with Crippen LogP contribution in [0.25, 0.3) is 0 Å². The van der Waals surface area contributed by atoms with E-state index in [4.69, 9.17) is 5.73 Å². The largest absolute Gasteiger partial charge is 0.508 e. The first-order valence-electron chi connectivity index (χ1n) is 4.40. The van der Waals surface area contributed by atoms with E-state index in [1.165, 1.54) is 0 Å². The van der Waals surface area contributed by atoms with Crippen LogP contribution in [0.15, 0.2) is 22.7 Å². The summed E-state index contributed by atoms with van der Waals surface area (Å²) in [5, 5.41) is 9.68. The smallest absolute Gasteiger partial charge is 0.121 e. The molecule has 1 aromatic rings. The molecule has 0 aromatic heterocycles. The van der Waals surface area contributed by atoms with Crippen LogP contribution in [0, 0.1) is 0 Å². The standard InChI is InChI=1S/C10H12BrNO/c11-7-2-3-8(9(13)6-7)10(12)4-1-5-10/h2-3,6,13H,1,4-5,12H2. The van der Waals surface area contributed by atoms with Crippen LogP contribution < -0.4 is 5.73 Å². The van der Waals surface area contributed by atoms with Gasteiger partial charge in [-0.1, -0.05) is 22.0 Å². The van der Waals surface area contributed by atoms with Crippen molar-refractivity contribution in [3.63, 3.8) is 0 Å². The fraction of sp³-hybridized carbons (Fsp3) is 0.400. The number of nitrogens with two attached hydrogens (primary N) is 1. The van der Waals surface area contributed by atoms with Crippen LogP contribution in [-0.2, 0) is 5.54 Å². The van der Waals surface area contributed by atoms with Crippen molar-refractivity contribution >= 4 is 15.9 Å². The monoisotopic (exact) mass is 241 g/mol. The molecule has 0 saturated heterocycles. The van der Waals surface area contributed by atoms with E-state index in [0.717, 1.165) is 29.3 Å². The predicted molar refractivity (Wildman–Crippen MR) is 55.5 cm³/mol. The zero-order valence-electron chi connectivity index (χ0n) is 7.26. The molecule has 0 aliphatic heterocycles. The van der Waals surface area contributed by atoms with Gasteiger partial charge in [0.15, 0.2) is 0 Å². The molecule has 1 aliphatic carbocycles.